The van der Waals surface area contributed by atoms with Gasteiger partial charge < -0.3 is 5.32 Å². The highest BCUT2D eigenvalue weighted by atomic mass is 35.5. The highest BCUT2D eigenvalue weighted by molar-refractivity contribution is 7.91. The van der Waals surface area contributed by atoms with Crippen molar-refractivity contribution in [2.24, 2.45) is 0 Å². The predicted molar refractivity (Wildman–Crippen MR) is 119 cm³/mol. The lowest BCUT2D eigenvalue weighted by Crippen LogP contribution is -2.07. The average Bonchev–Trinajstić information content (AvgIpc) is 3.23. The summed E-state index contributed by atoms with van der Waals surface area (Å²) in [6.07, 6.45) is 0. The lowest BCUT2D eigenvalue weighted by atomic mass is 10.2. The Hall–Kier alpha value is -3.49. The third-order valence-electron chi connectivity index (χ3n) is 4.90. The van der Waals surface area contributed by atoms with Gasteiger partial charge in [0.2, 0.25) is 14.9 Å². The number of nitrogens with one attached hydrogen (secondary N) is 1. The SMILES string of the molecule is O=S(=O)(c1ccc(Cl)cc1)c1nnn2c1nc(NCc1ccccc1)c1ccccc12. The van der Waals surface area contributed by atoms with E-state index >= 15 is 0 Å². The standard InChI is InChI=1S/C22H16ClN5O2S/c23-16-10-12-17(13-11-16)31(29,30)22-21-25-20(24-14-15-6-2-1-3-7-15)18-8-4-5-9-19(18)28(21)27-26-22/h1-13H,14H2,(H,24,25). The van der Waals surface area contributed by atoms with E-state index in [9.17, 15) is 8.42 Å². The molecule has 0 atom stereocenters. The third kappa shape index (κ3) is 3.49. The van der Waals surface area contributed by atoms with Gasteiger partial charge >= 0.3 is 0 Å². The minimum absolute atomic E-state index is 0.0769. The molecule has 2 aromatic heterocycles. The number of fused-ring (bicyclic) bond motifs is 3. The van der Waals surface area contributed by atoms with Gasteiger partial charge in [-0.25, -0.2) is 13.4 Å². The zero-order valence-corrected chi connectivity index (χ0v) is 17.7. The van der Waals surface area contributed by atoms with Crippen molar-refractivity contribution in [3.63, 3.8) is 0 Å². The molecule has 0 aliphatic rings. The highest BCUT2D eigenvalue weighted by Gasteiger charge is 2.27. The van der Waals surface area contributed by atoms with Gasteiger partial charge in [-0.15, -0.1) is 5.10 Å². The van der Waals surface area contributed by atoms with E-state index in [0.717, 1.165) is 10.9 Å². The molecule has 0 saturated carbocycles. The van der Waals surface area contributed by atoms with Crippen LogP contribution in [0.1, 0.15) is 5.56 Å². The molecule has 0 aliphatic carbocycles. The lowest BCUT2D eigenvalue weighted by molar-refractivity contribution is 0.592. The van der Waals surface area contributed by atoms with Gasteiger partial charge in [0.25, 0.3) is 0 Å². The van der Waals surface area contributed by atoms with Crippen LogP contribution in [0.25, 0.3) is 16.6 Å². The number of rotatable bonds is 5. The molecule has 2 heterocycles. The Morgan fingerprint density at radius 3 is 2.39 bits per heavy atom. The van der Waals surface area contributed by atoms with Crippen molar-refractivity contribution >= 4 is 43.8 Å². The molecule has 1 N–H and O–H groups in total. The molecule has 3 aromatic carbocycles. The van der Waals surface area contributed by atoms with E-state index in [2.05, 4.69) is 20.6 Å². The van der Waals surface area contributed by atoms with Gasteiger partial charge in [-0.1, -0.05) is 59.3 Å². The second-order valence-electron chi connectivity index (χ2n) is 6.90. The van der Waals surface area contributed by atoms with Crippen LogP contribution in [0.5, 0.6) is 0 Å². The maximum absolute atomic E-state index is 13.2. The minimum Gasteiger partial charge on any atom is -0.365 e. The van der Waals surface area contributed by atoms with E-state index in [4.69, 9.17) is 11.6 Å². The number of aromatic nitrogens is 4. The molecule has 31 heavy (non-hydrogen) atoms. The molecule has 0 amide bonds. The van der Waals surface area contributed by atoms with E-state index in [1.165, 1.54) is 28.8 Å². The first-order valence-corrected chi connectivity index (χ1v) is 11.3. The Morgan fingerprint density at radius 2 is 1.61 bits per heavy atom. The van der Waals surface area contributed by atoms with Crippen molar-refractivity contribution in [3.8, 4) is 0 Å². The highest BCUT2D eigenvalue weighted by Crippen LogP contribution is 2.28. The number of halogens is 1. The van der Waals surface area contributed by atoms with E-state index in [-0.39, 0.29) is 15.6 Å². The zero-order chi connectivity index (χ0) is 21.4. The monoisotopic (exact) mass is 449 g/mol. The molecule has 5 rings (SSSR count). The number of hydrogen-bond acceptors (Lipinski definition) is 6. The largest absolute Gasteiger partial charge is 0.365 e. The van der Waals surface area contributed by atoms with Gasteiger partial charge in [0.15, 0.2) is 5.65 Å². The molecule has 0 fully saturated rings. The van der Waals surface area contributed by atoms with Crippen LogP contribution in [-0.2, 0) is 16.4 Å². The van der Waals surface area contributed by atoms with Crippen LogP contribution in [0.4, 0.5) is 5.82 Å². The smallest absolute Gasteiger partial charge is 0.229 e. The van der Waals surface area contributed by atoms with E-state index in [1.807, 2.05) is 54.6 Å². The number of anilines is 1. The summed E-state index contributed by atoms with van der Waals surface area (Å²) in [5.74, 6) is 0.557. The fourth-order valence-electron chi connectivity index (χ4n) is 3.36. The molecule has 0 radical (unpaired) electrons. The summed E-state index contributed by atoms with van der Waals surface area (Å²) >= 11 is 5.91. The maximum atomic E-state index is 13.2. The van der Waals surface area contributed by atoms with Crippen LogP contribution in [0, 0.1) is 0 Å². The molecular weight excluding hydrogens is 434 g/mol. The summed E-state index contributed by atoms with van der Waals surface area (Å²) in [6, 6.07) is 23.3. The molecule has 0 saturated heterocycles. The van der Waals surface area contributed by atoms with Gasteiger partial charge in [-0.2, -0.15) is 4.52 Å². The fraction of sp³-hybridized carbons (Fsp3) is 0.0455. The van der Waals surface area contributed by atoms with Crippen LogP contribution >= 0.6 is 11.6 Å². The maximum Gasteiger partial charge on any atom is 0.229 e. The zero-order valence-electron chi connectivity index (χ0n) is 16.1. The van der Waals surface area contributed by atoms with E-state index in [0.29, 0.717) is 22.9 Å². The number of nitrogens with zero attached hydrogens (tertiary/aromatic N) is 4. The number of benzene rings is 3. The second kappa shape index (κ2) is 7.64. The van der Waals surface area contributed by atoms with Gasteiger partial charge in [0.05, 0.1) is 10.4 Å². The van der Waals surface area contributed by atoms with Crippen molar-refractivity contribution < 1.29 is 8.42 Å². The second-order valence-corrected chi connectivity index (χ2v) is 9.21. The molecular formula is C22H16ClN5O2S. The molecule has 0 bridgehead atoms. The van der Waals surface area contributed by atoms with E-state index < -0.39 is 9.84 Å². The molecule has 9 heteroatoms. The van der Waals surface area contributed by atoms with Gasteiger partial charge in [0.1, 0.15) is 5.82 Å². The van der Waals surface area contributed by atoms with Crippen molar-refractivity contribution in [1.82, 2.24) is 19.8 Å². The normalized spacial score (nSPS) is 11.8. The summed E-state index contributed by atoms with van der Waals surface area (Å²) < 4.78 is 27.9. The first-order valence-electron chi connectivity index (χ1n) is 9.47. The lowest BCUT2D eigenvalue weighted by Gasteiger charge is -2.10. The van der Waals surface area contributed by atoms with Gasteiger partial charge in [-0.05, 0) is 42.0 Å². The molecule has 5 aromatic rings. The summed E-state index contributed by atoms with van der Waals surface area (Å²) in [5, 5.41) is 12.4. The molecule has 7 nitrogen and oxygen atoms in total. The van der Waals surface area contributed by atoms with Crippen LogP contribution < -0.4 is 5.32 Å². The number of para-hydroxylation sites is 1. The molecule has 154 valence electrons. The quantitative estimate of drug-likeness (QED) is 0.428. The average molecular weight is 450 g/mol. The van der Waals surface area contributed by atoms with Crippen LogP contribution in [-0.4, -0.2) is 28.2 Å². The number of sulfone groups is 1. The Kier molecular flexibility index (Phi) is 4.80. The third-order valence-corrected chi connectivity index (χ3v) is 6.82. The van der Waals surface area contributed by atoms with Crippen molar-refractivity contribution in [3.05, 3.63) is 89.4 Å². The Balaban J connectivity index is 1.66. The van der Waals surface area contributed by atoms with Crippen molar-refractivity contribution in [2.75, 3.05) is 5.32 Å². The van der Waals surface area contributed by atoms with Crippen LogP contribution in [0.3, 0.4) is 0 Å². The Labute approximate surface area is 183 Å². The van der Waals surface area contributed by atoms with Crippen molar-refractivity contribution in [2.45, 2.75) is 16.5 Å². The first kappa shape index (κ1) is 19.5. The predicted octanol–water partition coefficient (Wildman–Crippen LogP) is 4.38. The fourth-order valence-corrected chi connectivity index (χ4v) is 4.72. The minimum atomic E-state index is -3.93. The van der Waals surface area contributed by atoms with Crippen molar-refractivity contribution in [1.29, 1.82) is 0 Å². The Bertz CT molecular complexity index is 1500. The van der Waals surface area contributed by atoms with Crippen LogP contribution in [0.2, 0.25) is 5.02 Å². The van der Waals surface area contributed by atoms with Crippen LogP contribution in [0.15, 0.2) is 88.8 Å². The van der Waals surface area contributed by atoms with Gasteiger partial charge in [-0.3, -0.25) is 0 Å². The van der Waals surface area contributed by atoms with Gasteiger partial charge in [0, 0.05) is 17.0 Å². The van der Waals surface area contributed by atoms with E-state index in [1.54, 1.807) is 0 Å². The topological polar surface area (TPSA) is 89.2 Å². The summed E-state index contributed by atoms with van der Waals surface area (Å²) in [6.45, 7) is 0.537. The molecule has 0 spiro atoms. The molecule has 0 aliphatic heterocycles. The summed E-state index contributed by atoms with van der Waals surface area (Å²) in [7, 11) is -3.93. The Morgan fingerprint density at radius 1 is 0.903 bits per heavy atom. The molecule has 0 unspecified atom stereocenters. The summed E-state index contributed by atoms with van der Waals surface area (Å²) in [5.41, 5.74) is 1.94. The first-order chi connectivity index (χ1) is 15.0. The number of hydrogen-bond donors (Lipinski definition) is 1. The summed E-state index contributed by atoms with van der Waals surface area (Å²) in [4.78, 5) is 4.69.